The first-order chi connectivity index (χ1) is 16.8. The number of aromatic nitrogens is 2. The molecular formula is C25H22N4O5S. The quantitative estimate of drug-likeness (QED) is 0.440. The van der Waals surface area contributed by atoms with Crippen LogP contribution in [0, 0.1) is 0 Å². The highest BCUT2D eigenvalue weighted by molar-refractivity contribution is 7.92. The Balaban J connectivity index is 1.66. The molecule has 0 spiro atoms. The van der Waals surface area contributed by atoms with Crippen LogP contribution in [0.4, 0.5) is 5.69 Å². The van der Waals surface area contributed by atoms with Gasteiger partial charge in [-0.15, -0.1) is 0 Å². The van der Waals surface area contributed by atoms with Crippen LogP contribution in [-0.4, -0.2) is 30.4 Å². The summed E-state index contributed by atoms with van der Waals surface area (Å²) in [6.45, 7) is 0.330. The Morgan fingerprint density at radius 3 is 2.57 bits per heavy atom. The third kappa shape index (κ3) is 3.91. The predicted octanol–water partition coefficient (Wildman–Crippen LogP) is 1.85. The van der Waals surface area contributed by atoms with E-state index < -0.39 is 27.2 Å². The summed E-state index contributed by atoms with van der Waals surface area (Å²) in [6, 6.07) is 17.8. The number of nitrogens with one attached hydrogen (secondary N) is 1. The Kier molecular flexibility index (Phi) is 5.52. The lowest BCUT2D eigenvalue weighted by Crippen LogP contribution is -2.36. The van der Waals surface area contributed by atoms with Gasteiger partial charge in [0.2, 0.25) is 5.91 Å². The molecule has 0 bridgehead atoms. The Labute approximate surface area is 200 Å². The number of nitrogens with two attached hydrogens (primary N) is 1. The Morgan fingerprint density at radius 1 is 1.00 bits per heavy atom. The number of sulfonamides is 1. The number of aromatic amines is 1. The maximum Gasteiger partial charge on any atom is 0.333 e. The van der Waals surface area contributed by atoms with Crippen molar-refractivity contribution in [2.24, 2.45) is 5.73 Å². The summed E-state index contributed by atoms with van der Waals surface area (Å²) in [5.74, 6) is -0.621. The van der Waals surface area contributed by atoms with Crippen molar-refractivity contribution in [3.63, 3.8) is 0 Å². The van der Waals surface area contributed by atoms with Crippen molar-refractivity contribution in [2.75, 3.05) is 10.8 Å². The van der Waals surface area contributed by atoms with Crippen LogP contribution in [0.5, 0.6) is 0 Å². The zero-order valence-electron chi connectivity index (χ0n) is 18.6. The molecule has 178 valence electrons. The number of hydrogen-bond donors (Lipinski definition) is 2. The molecule has 0 saturated carbocycles. The van der Waals surface area contributed by atoms with Crippen LogP contribution in [0.3, 0.4) is 0 Å². The van der Waals surface area contributed by atoms with Crippen LogP contribution in [0.1, 0.15) is 17.5 Å². The molecule has 4 aromatic rings. The zero-order chi connectivity index (χ0) is 24.7. The van der Waals surface area contributed by atoms with Crippen molar-refractivity contribution in [3.05, 3.63) is 98.7 Å². The van der Waals surface area contributed by atoms with Gasteiger partial charge in [0.25, 0.3) is 15.6 Å². The van der Waals surface area contributed by atoms with Crippen LogP contribution >= 0.6 is 0 Å². The lowest BCUT2D eigenvalue weighted by Gasteiger charge is -2.30. The van der Waals surface area contributed by atoms with Gasteiger partial charge in [0, 0.05) is 6.54 Å². The molecule has 0 saturated heterocycles. The SMILES string of the molecule is NC(=O)Cc1cccc2[nH]c(=O)n(-c3cccc(S(=O)(=O)N4CCCc5ccccc54)c3)c(=O)c12. The number of carbonyl (C=O) groups is 1. The molecule has 10 heteroatoms. The molecule has 1 aromatic heterocycles. The molecule has 0 radical (unpaired) electrons. The van der Waals surface area contributed by atoms with Crippen molar-refractivity contribution >= 4 is 32.5 Å². The van der Waals surface area contributed by atoms with Gasteiger partial charge in [-0.05, 0) is 54.3 Å². The van der Waals surface area contributed by atoms with Gasteiger partial charge < -0.3 is 10.7 Å². The zero-order valence-corrected chi connectivity index (χ0v) is 19.4. The number of fused-ring (bicyclic) bond motifs is 2. The van der Waals surface area contributed by atoms with Crippen LogP contribution in [0.2, 0.25) is 0 Å². The van der Waals surface area contributed by atoms with Crippen molar-refractivity contribution in [2.45, 2.75) is 24.2 Å². The fraction of sp³-hybridized carbons (Fsp3) is 0.160. The standard InChI is InChI=1S/C25H22N4O5S/c26-22(30)14-17-7-3-11-20-23(17)24(31)29(25(32)27-20)18-9-4-10-19(15-18)35(33,34)28-13-5-8-16-6-1-2-12-21(16)28/h1-4,6-7,9-12,15H,5,8,13-14H2,(H2,26,30)(H,27,32). The van der Waals surface area contributed by atoms with E-state index in [9.17, 15) is 22.8 Å². The second-order valence-electron chi connectivity index (χ2n) is 8.36. The van der Waals surface area contributed by atoms with Crippen LogP contribution in [0.15, 0.2) is 81.2 Å². The Hall–Kier alpha value is -4.18. The first-order valence-electron chi connectivity index (χ1n) is 11.0. The number of carbonyl (C=O) groups excluding carboxylic acids is 1. The van der Waals surface area contributed by atoms with Crippen molar-refractivity contribution in [1.29, 1.82) is 0 Å². The maximum atomic E-state index is 13.6. The highest BCUT2D eigenvalue weighted by Crippen LogP contribution is 2.32. The molecule has 3 N–H and O–H groups in total. The minimum Gasteiger partial charge on any atom is -0.369 e. The summed E-state index contributed by atoms with van der Waals surface area (Å²) in [6.07, 6.45) is 1.29. The predicted molar refractivity (Wildman–Crippen MR) is 132 cm³/mol. The first kappa shape index (κ1) is 22.6. The minimum atomic E-state index is -3.95. The lowest BCUT2D eigenvalue weighted by molar-refractivity contribution is -0.117. The summed E-state index contributed by atoms with van der Waals surface area (Å²) in [4.78, 5) is 40.4. The third-order valence-electron chi connectivity index (χ3n) is 6.11. The average molecular weight is 491 g/mol. The smallest absolute Gasteiger partial charge is 0.333 e. The topological polar surface area (TPSA) is 135 Å². The number of aryl methyl sites for hydroxylation is 1. The average Bonchev–Trinajstić information content (AvgIpc) is 2.83. The van der Waals surface area contributed by atoms with Crippen molar-refractivity contribution in [3.8, 4) is 5.69 Å². The van der Waals surface area contributed by atoms with Gasteiger partial charge in [0.05, 0.1) is 33.6 Å². The number of rotatable bonds is 5. The van der Waals surface area contributed by atoms with E-state index in [1.807, 2.05) is 12.1 Å². The van der Waals surface area contributed by atoms with Crippen LogP contribution < -0.4 is 21.3 Å². The fourth-order valence-electron chi connectivity index (χ4n) is 4.56. The number of hydrogen-bond acceptors (Lipinski definition) is 5. The molecule has 35 heavy (non-hydrogen) atoms. The number of benzene rings is 3. The summed E-state index contributed by atoms with van der Waals surface area (Å²) >= 11 is 0. The second kappa shape index (κ2) is 8.55. The van der Waals surface area contributed by atoms with Crippen LogP contribution in [-0.2, 0) is 27.7 Å². The first-order valence-corrected chi connectivity index (χ1v) is 12.5. The molecule has 0 unspecified atom stereocenters. The van der Waals surface area contributed by atoms with Gasteiger partial charge in [-0.1, -0.05) is 36.4 Å². The number of amides is 1. The van der Waals surface area contributed by atoms with E-state index in [-0.39, 0.29) is 27.9 Å². The molecule has 2 heterocycles. The molecule has 5 rings (SSSR count). The molecular weight excluding hydrogens is 468 g/mol. The van der Waals surface area contributed by atoms with E-state index in [1.54, 1.807) is 30.3 Å². The van der Waals surface area contributed by atoms with E-state index in [0.29, 0.717) is 24.2 Å². The molecule has 1 aliphatic heterocycles. The molecule has 3 aromatic carbocycles. The lowest BCUT2D eigenvalue weighted by atomic mass is 10.0. The minimum absolute atomic E-state index is 0.0384. The highest BCUT2D eigenvalue weighted by Gasteiger charge is 2.29. The van der Waals surface area contributed by atoms with Gasteiger partial charge in [-0.3, -0.25) is 13.9 Å². The van der Waals surface area contributed by atoms with Gasteiger partial charge in [0.15, 0.2) is 0 Å². The number of para-hydroxylation sites is 1. The highest BCUT2D eigenvalue weighted by atomic mass is 32.2. The normalized spacial score (nSPS) is 13.5. The molecule has 1 amide bonds. The Morgan fingerprint density at radius 2 is 1.77 bits per heavy atom. The molecule has 0 atom stereocenters. The second-order valence-corrected chi connectivity index (χ2v) is 10.2. The molecule has 0 aliphatic carbocycles. The number of H-pyrrole nitrogens is 1. The number of anilines is 1. The van der Waals surface area contributed by atoms with Crippen LogP contribution in [0.25, 0.3) is 16.6 Å². The monoisotopic (exact) mass is 490 g/mol. The number of nitrogens with zero attached hydrogens (tertiary/aromatic N) is 2. The van der Waals surface area contributed by atoms with Crippen molar-refractivity contribution < 1.29 is 13.2 Å². The number of primary amides is 1. The fourth-order valence-corrected chi connectivity index (χ4v) is 6.14. The largest absolute Gasteiger partial charge is 0.369 e. The van der Waals surface area contributed by atoms with Gasteiger partial charge in [-0.2, -0.15) is 0 Å². The third-order valence-corrected chi connectivity index (χ3v) is 7.92. The molecule has 1 aliphatic rings. The van der Waals surface area contributed by atoms with E-state index in [0.717, 1.165) is 16.6 Å². The van der Waals surface area contributed by atoms with Crippen molar-refractivity contribution in [1.82, 2.24) is 9.55 Å². The van der Waals surface area contributed by atoms with E-state index in [2.05, 4.69) is 4.98 Å². The van der Waals surface area contributed by atoms with Gasteiger partial charge in [-0.25, -0.2) is 17.8 Å². The summed E-state index contributed by atoms with van der Waals surface area (Å²) in [5.41, 5.74) is 6.24. The molecule has 0 fully saturated rings. The summed E-state index contributed by atoms with van der Waals surface area (Å²) < 4.78 is 29.4. The summed E-state index contributed by atoms with van der Waals surface area (Å²) in [7, 11) is -3.95. The van der Waals surface area contributed by atoms with E-state index in [4.69, 9.17) is 5.73 Å². The van der Waals surface area contributed by atoms with E-state index >= 15 is 0 Å². The van der Waals surface area contributed by atoms with Gasteiger partial charge >= 0.3 is 5.69 Å². The van der Waals surface area contributed by atoms with Gasteiger partial charge in [0.1, 0.15) is 0 Å². The Bertz CT molecular complexity index is 1710. The molecule has 9 nitrogen and oxygen atoms in total. The maximum absolute atomic E-state index is 13.6. The summed E-state index contributed by atoms with van der Waals surface area (Å²) in [5, 5.41) is 0.143. The van der Waals surface area contributed by atoms with E-state index in [1.165, 1.54) is 28.6 Å².